The Morgan fingerprint density at radius 3 is 2.35 bits per heavy atom. The summed E-state index contributed by atoms with van der Waals surface area (Å²) in [5, 5.41) is 3.88. The highest BCUT2D eigenvalue weighted by atomic mass is 35.5. The molecule has 0 radical (unpaired) electrons. The number of hydrogen-bond acceptors (Lipinski definition) is 4. The number of carbonyl (C=O) groups excluding carboxylic acids is 1. The third kappa shape index (κ3) is 3.99. The van der Waals surface area contributed by atoms with Crippen LogP contribution < -0.4 is 10.1 Å². The molecule has 4 aromatic rings. The first-order valence-electron chi connectivity index (χ1n) is 9.12. The molecule has 0 unspecified atom stereocenters. The maximum Gasteiger partial charge on any atom is 0.268 e. The zero-order valence-corrected chi connectivity index (χ0v) is 18.5. The molecule has 0 aliphatic rings. The summed E-state index contributed by atoms with van der Waals surface area (Å²) in [6.07, 6.45) is 0. The van der Waals surface area contributed by atoms with Crippen molar-refractivity contribution < 1.29 is 17.9 Å². The molecule has 1 amide bonds. The molecular weight excluding hydrogens is 459 g/mol. The second kappa shape index (κ2) is 8.26. The SMILES string of the molecule is CNC(=O)c1cc2cc(Cl)ccc2n1S(=O)(=O)c1ccc(Oc2ccccc2Cl)cc1. The fourth-order valence-electron chi connectivity index (χ4n) is 3.15. The summed E-state index contributed by atoms with van der Waals surface area (Å²) in [5.74, 6) is 0.340. The van der Waals surface area contributed by atoms with Crippen LogP contribution in [0.5, 0.6) is 11.5 Å². The third-order valence-corrected chi connectivity index (χ3v) is 6.89. The van der Waals surface area contributed by atoms with Crippen molar-refractivity contribution in [3.8, 4) is 11.5 Å². The highest BCUT2D eigenvalue weighted by molar-refractivity contribution is 7.90. The van der Waals surface area contributed by atoms with E-state index in [1.165, 1.54) is 37.4 Å². The smallest absolute Gasteiger partial charge is 0.268 e. The lowest BCUT2D eigenvalue weighted by molar-refractivity contribution is 0.0957. The van der Waals surface area contributed by atoms with Crippen LogP contribution in [0, 0.1) is 0 Å². The quantitative estimate of drug-likeness (QED) is 0.423. The first-order valence-corrected chi connectivity index (χ1v) is 11.3. The molecule has 4 rings (SSSR count). The zero-order valence-electron chi connectivity index (χ0n) is 16.2. The summed E-state index contributed by atoms with van der Waals surface area (Å²) in [5.41, 5.74) is 0.329. The Labute approximate surface area is 189 Å². The van der Waals surface area contributed by atoms with Gasteiger partial charge in [-0.05, 0) is 60.7 Å². The Bertz CT molecular complexity index is 1400. The number of hydrogen-bond donors (Lipinski definition) is 1. The van der Waals surface area contributed by atoms with Crippen molar-refractivity contribution in [3.05, 3.63) is 88.5 Å². The van der Waals surface area contributed by atoms with E-state index in [0.29, 0.717) is 32.4 Å². The molecule has 1 heterocycles. The molecule has 0 aliphatic carbocycles. The number of nitrogens with one attached hydrogen (secondary N) is 1. The van der Waals surface area contributed by atoms with E-state index in [-0.39, 0.29) is 10.6 Å². The first-order chi connectivity index (χ1) is 14.8. The van der Waals surface area contributed by atoms with Gasteiger partial charge in [0, 0.05) is 17.5 Å². The van der Waals surface area contributed by atoms with Gasteiger partial charge < -0.3 is 10.1 Å². The summed E-state index contributed by atoms with van der Waals surface area (Å²) in [4.78, 5) is 12.4. The molecule has 6 nitrogen and oxygen atoms in total. The van der Waals surface area contributed by atoms with Crippen LogP contribution in [-0.4, -0.2) is 25.3 Å². The second-order valence-corrected chi connectivity index (χ2v) is 9.22. The Morgan fingerprint density at radius 1 is 0.968 bits per heavy atom. The molecule has 0 atom stereocenters. The number of nitrogens with zero attached hydrogens (tertiary/aromatic N) is 1. The number of ether oxygens (including phenoxy) is 1. The zero-order chi connectivity index (χ0) is 22.2. The summed E-state index contributed by atoms with van der Waals surface area (Å²) in [6, 6.07) is 19.1. The third-order valence-electron chi connectivity index (χ3n) is 4.61. The van der Waals surface area contributed by atoms with Gasteiger partial charge in [0.25, 0.3) is 15.9 Å². The molecular formula is C22H16Cl2N2O4S. The molecule has 31 heavy (non-hydrogen) atoms. The summed E-state index contributed by atoms with van der Waals surface area (Å²) >= 11 is 12.1. The molecule has 0 bridgehead atoms. The topological polar surface area (TPSA) is 77.4 Å². The summed E-state index contributed by atoms with van der Waals surface area (Å²) in [6.45, 7) is 0. The van der Waals surface area contributed by atoms with Gasteiger partial charge in [-0.25, -0.2) is 12.4 Å². The number of aromatic nitrogens is 1. The molecule has 0 aliphatic heterocycles. The highest BCUT2D eigenvalue weighted by Gasteiger charge is 2.26. The molecule has 158 valence electrons. The van der Waals surface area contributed by atoms with Crippen molar-refractivity contribution in [1.29, 1.82) is 0 Å². The van der Waals surface area contributed by atoms with Crippen molar-refractivity contribution >= 4 is 50.0 Å². The van der Waals surface area contributed by atoms with Crippen LogP contribution in [0.3, 0.4) is 0 Å². The van der Waals surface area contributed by atoms with E-state index in [4.69, 9.17) is 27.9 Å². The number of amides is 1. The monoisotopic (exact) mass is 474 g/mol. The van der Waals surface area contributed by atoms with Gasteiger partial charge in [-0.15, -0.1) is 0 Å². The Balaban J connectivity index is 1.77. The lowest BCUT2D eigenvalue weighted by Crippen LogP contribution is -2.25. The van der Waals surface area contributed by atoms with Crippen LogP contribution in [0.2, 0.25) is 10.0 Å². The van der Waals surface area contributed by atoms with Crippen molar-refractivity contribution in [2.45, 2.75) is 4.90 Å². The predicted molar refractivity (Wildman–Crippen MR) is 121 cm³/mol. The highest BCUT2D eigenvalue weighted by Crippen LogP contribution is 2.31. The van der Waals surface area contributed by atoms with Crippen LogP contribution in [0.1, 0.15) is 10.5 Å². The van der Waals surface area contributed by atoms with E-state index in [1.807, 2.05) is 0 Å². The molecule has 0 saturated heterocycles. The molecule has 1 N–H and O–H groups in total. The lowest BCUT2D eigenvalue weighted by atomic mass is 10.2. The van der Waals surface area contributed by atoms with Gasteiger partial charge in [-0.3, -0.25) is 4.79 Å². The van der Waals surface area contributed by atoms with E-state index in [1.54, 1.807) is 42.5 Å². The molecule has 0 fully saturated rings. The van der Waals surface area contributed by atoms with Gasteiger partial charge >= 0.3 is 0 Å². The Morgan fingerprint density at radius 2 is 1.68 bits per heavy atom. The van der Waals surface area contributed by atoms with Crippen molar-refractivity contribution in [1.82, 2.24) is 9.29 Å². The number of fused-ring (bicyclic) bond motifs is 1. The van der Waals surface area contributed by atoms with E-state index >= 15 is 0 Å². The lowest BCUT2D eigenvalue weighted by Gasteiger charge is -2.12. The van der Waals surface area contributed by atoms with Gasteiger partial charge in [-0.1, -0.05) is 35.3 Å². The van der Waals surface area contributed by atoms with E-state index in [9.17, 15) is 13.2 Å². The number of halogens is 2. The average Bonchev–Trinajstić information content (AvgIpc) is 3.14. The Hall–Kier alpha value is -3.00. The first kappa shape index (κ1) is 21.2. The number of benzene rings is 3. The van der Waals surface area contributed by atoms with Crippen molar-refractivity contribution in [2.75, 3.05) is 7.05 Å². The van der Waals surface area contributed by atoms with Gasteiger partial charge in [0.2, 0.25) is 0 Å². The van der Waals surface area contributed by atoms with Crippen LogP contribution in [-0.2, 0) is 10.0 Å². The standard InChI is InChI=1S/C22H16Cl2N2O4S/c1-25-22(27)20-13-14-12-15(23)6-11-19(14)26(20)31(28,29)17-9-7-16(8-10-17)30-21-5-3-2-4-18(21)24/h2-13H,1H3,(H,25,27). The maximum absolute atomic E-state index is 13.4. The maximum atomic E-state index is 13.4. The van der Waals surface area contributed by atoms with Crippen LogP contribution in [0.15, 0.2) is 77.7 Å². The van der Waals surface area contributed by atoms with Gasteiger partial charge in [-0.2, -0.15) is 0 Å². The van der Waals surface area contributed by atoms with Crippen LogP contribution in [0.4, 0.5) is 0 Å². The minimum absolute atomic E-state index is 0.00314. The minimum atomic E-state index is -4.09. The summed E-state index contributed by atoms with van der Waals surface area (Å²) < 4.78 is 33.6. The van der Waals surface area contributed by atoms with Gasteiger partial charge in [0.15, 0.2) is 0 Å². The molecule has 9 heteroatoms. The average molecular weight is 475 g/mol. The van der Waals surface area contributed by atoms with Crippen LogP contribution in [0.25, 0.3) is 10.9 Å². The van der Waals surface area contributed by atoms with E-state index in [2.05, 4.69) is 5.32 Å². The summed E-state index contributed by atoms with van der Waals surface area (Å²) in [7, 11) is -2.65. The fourth-order valence-corrected chi connectivity index (χ4v) is 5.01. The van der Waals surface area contributed by atoms with Crippen molar-refractivity contribution in [2.24, 2.45) is 0 Å². The Kier molecular flexibility index (Phi) is 5.66. The fraction of sp³-hybridized carbons (Fsp3) is 0.0455. The normalized spacial score (nSPS) is 11.5. The number of rotatable bonds is 5. The van der Waals surface area contributed by atoms with Gasteiger partial charge in [0.1, 0.15) is 17.2 Å². The van der Waals surface area contributed by atoms with Gasteiger partial charge in [0.05, 0.1) is 15.4 Å². The van der Waals surface area contributed by atoms with Crippen molar-refractivity contribution in [3.63, 3.8) is 0 Å². The molecule has 1 aromatic heterocycles. The number of para-hydroxylation sites is 1. The largest absolute Gasteiger partial charge is 0.456 e. The molecule has 3 aromatic carbocycles. The minimum Gasteiger partial charge on any atom is -0.456 e. The predicted octanol–water partition coefficient (Wildman–Crippen LogP) is 5.34. The molecule has 0 spiro atoms. The van der Waals surface area contributed by atoms with E-state index in [0.717, 1.165) is 3.97 Å². The molecule has 0 saturated carbocycles. The van der Waals surface area contributed by atoms with E-state index < -0.39 is 15.9 Å². The van der Waals surface area contributed by atoms with Crippen LogP contribution >= 0.6 is 23.2 Å². The number of carbonyl (C=O) groups is 1. The second-order valence-electron chi connectivity index (χ2n) is 6.59.